The van der Waals surface area contributed by atoms with Crippen molar-refractivity contribution in [2.24, 2.45) is 5.92 Å². The van der Waals surface area contributed by atoms with Gasteiger partial charge >= 0.3 is 0 Å². The standard InChI is InChI=1S/C15H23N3O3/c16-14-4-3-12(20)8-13(14)15(21)17-5-7-18-6-1-2-11(9-18)10-19/h3-4,8,11,19-20H,1-2,5-7,9-10,16H2,(H,17,21). The summed E-state index contributed by atoms with van der Waals surface area (Å²) in [6.45, 7) is 3.37. The number of aliphatic hydroxyl groups excluding tert-OH is 1. The summed E-state index contributed by atoms with van der Waals surface area (Å²) in [5, 5.41) is 21.4. The van der Waals surface area contributed by atoms with Crippen LogP contribution in [0, 0.1) is 5.92 Å². The smallest absolute Gasteiger partial charge is 0.253 e. The maximum Gasteiger partial charge on any atom is 0.253 e. The number of piperidine rings is 1. The molecule has 5 N–H and O–H groups in total. The Morgan fingerprint density at radius 1 is 1.48 bits per heavy atom. The third-order valence-corrected chi connectivity index (χ3v) is 3.86. The van der Waals surface area contributed by atoms with Crippen molar-refractivity contribution in [1.29, 1.82) is 0 Å². The Bertz CT molecular complexity index is 493. The number of phenolic OH excluding ortho intramolecular Hbond substituents is 1. The van der Waals surface area contributed by atoms with Gasteiger partial charge in [0.2, 0.25) is 0 Å². The average molecular weight is 293 g/mol. The zero-order valence-corrected chi connectivity index (χ0v) is 12.1. The van der Waals surface area contributed by atoms with Crippen LogP contribution in [-0.4, -0.2) is 53.8 Å². The van der Waals surface area contributed by atoms with E-state index in [1.54, 1.807) is 0 Å². The van der Waals surface area contributed by atoms with Gasteiger partial charge in [-0.15, -0.1) is 0 Å². The van der Waals surface area contributed by atoms with Crippen LogP contribution in [0.1, 0.15) is 23.2 Å². The number of hydrogen-bond acceptors (Lipinski definition) is 5. The lowest BCUT2D eigenvalue weighted by atomic mass is 9.99. The molecule has 6 nitrogen and oxygen atoms in total. The van der Waals surface area contributed by atoms with Crippen LogP contribution < -0.4 is 11.1 Å². The van der Waals surface area contributed by atoms with E-state index >= 15 is 0 Å². The van der Waals surface area contributed by atoms with Crippen LogP contribution in [0.15, 0.2) is 18.2 Å². The second-order valence-electron chi connectivity index (χ2n) is 5.52. The van der Waals surface area contributed by atoms with E-state index in [1.165, 1.54) is 18.2 Å². The molecular weight excluding hydrogens is 270 g/mol. The molecule has 1 atom stereocenters. The number of likely N-dealkylation sites (tertiary alicyclic amines) is 1. The normalized spacial score (nSPS) is 19.4. The fourth-order valence-corrected chi connectivity index (χ4v) is 2.67. The van der Waals surface area contributed by atoms with E-state index in [-0.39, 0.29) is 18.3 Å². The lowest BCUT2D eigenvalue weighted by Crippen LogP contribution is -2.41. The minimum absolute atomic E-state index is 0.0242. The minimum Gasteiger partial charge on any atom is -0.508 e. The molecule has 6 heteroatoms. The van der Waals surface area contributed by atoms with Crippen LogP contribution in [0.4, 0.5) is 5.69 Å². The quantitative estimate of drug-likeness (QED) is 0.465. The lowest BCUT2D eigenvalue weighted by Gasteiger charge is -2.31. The summed E-state index contributed by atoms with van der Waals surface area (Å²) >= 11 is 0. The molecule has 21 heavy (non-hydrogen) atoms. The van der Waals surface area contributed by atoms with Gasteiger partial charge in [0.15, 0.2) is 0 Å². The van der Waals surface area contributed by atoms with E-state index in [9.17, 15) is 15.0 Å². The van der Waals surface area contributed by atoms with E-state index in [1.807, 2.05) is 0 Å². The van der Waals surface area contributed by atoms with E-state index in [0.717, 1.165) is 32.5 Å². The van der Waals surface area contributed by atoms with Crippen molar-refractivity contribution in [2.75, 3.05) is 38.5 Å². The molecule has 0 bridgehead atoms. The number of benzene rings is 1. The fourth-order valence-electron chi connectivity index (χ4n) is 2.67. The number of nitrogens with one attached hydrogen (secondary N) is 1. The van der Waals surface area contributed by atoms with E-state index in [4.69, 9.17) is 5.73 Å². The number of nitrogens with zero attached hydrogens (tertiary/aromatic N) is 1. The summed E-state index contributed by atoms with van der Waals surface area (Å²) in [6, 6.07) is 4.34. The second-order valence-corrected chi connectivity index (χ2v) is 5.52. The summed E-state index contributed by atoms with van der Waals surface area (Å²) in [6.07, 6.45) is 2.15. The molecule has 0 spiro atoms. The number of rotatable bonds is 5. The summed E-state index contributed by atoms with van der Waals surface area (Å²) in [5.74, 6) is 0.0893. The first kappa shape index (κ1) is 15.6. The third kappa shape index (κ3) is 4.34. The fraction of sp³-hybridized carbons (Fsp3) is 0.533. The molecular formula is C15H23N3O3. The molecule has 0 saturated carbocycles. The molecule has 1 fully saturated rings. The highest BCUT2D eigenvalue weighted by molar-refractivity contribution is 5.99. The predicted molar refractivity (Wildman–Crippen MR) is 81.1 cm³/mol. The number of hydrogen-bond donors (Lipinski definition) is 4. The molecule has 1 aliphatic rings. The molecule has 0 aliphatic carbocycles. The first-order valence-corrected chi connectivity index (χ1v) is 7.30. The molecule has 1 unspecified atom stereocenters. The Kier molecular flexibility index (Phi) is 5.41. The zero-order chi connectivity index (χ0) is 15.2. The Morgan fingerprint density at radius 3 is 3.05 bits per heavy atom. The molecule has 1 amide bonds. The predicted octanol–water partition coefficient (Wildman–Crippen LogP) is 0.408. The monoisotopic (exact) mass is 293 g/mol. The van der Waals surface area contributed by atoms with Gasteiger partial charge in [0.25, 0.3) is 5.91 Å². The summed E-state index contributed by atoms with van der Waals surface area (Å²) < 4.78 is 0. The van der Waals surface area contributed by atoms with Crippen molar-refractivity contribution >= 4 is 11.6 Å². The van der Waals surface area contributed by atoms with Crippen molar-refractivity contribution in [2.45, 2.75) is 12.8 Å². The van der Waals surface area contributed by atoms with Gasteiger partial charge in [0.1, 0.15) is 5.75 Å². The number of aromatic hydroxyl groups is 1. The van der Waals surface area contributed by atoms with Gasteiger partial charge in [0, 0.05) is 31.9 Å². The number of nitrogen functional groups attached to an aromatic ring is 1. The number of amides is 1. The largest absolute Gasteiger partial charge is 0.508 e. The Labute approximate surface area is 124 Å². The minimum atomic E-state index is -0.279. The maximum atomic E-state index is 12.0. The van der Waals surface area contributed by atoms with Gasteiger partial charge in [0.05, 0.1) is 5.56 Å². The first-order chi connectivity index (χ1) is 10.1. The number of anilines is 1. The maximum absolute atomic E-state index is 12.0. The molecule has 1 aliphatic heterocycles. The Morgan fingerprint density at radius 2 is 2.29 bits per heavy atom. The molecule has 116 valence electrons. The molecule has 1 aromatic rings. The van der Waals surface area contributed by atoms with Gasteiger partial charge in [-0.25, -0.2) is 0 Å². The molecule has 0 radical (unpaired) electrons. The lowest BCUT2D eigenvalue weighted by molar-refractivity contribution is 0.0931. The molecule has 1 aromatic carbocycles. The second kappa shape index (κ2) is 7.28. The van der Waals surface area contributed by atoms with Crippen molar-refractivity contribution < 1.29 is 15.0 Å². The van der Waals surface area contributed by atoms with Crippen LogP contribution in [0.2, 0.25) is 0 Å². The van der Waals surface area contributed by atoms with Crippen LogP contribution in [0.25, 0.3) is 0 Å². The topological polar surface area (TPSA) is 98.8 Å². The summed E-state index contributed by atoms with van der Waals surface area (Å²) in [7, 11) is 0. The SMILES string of the molecule is Nc1ccc(O)cc1C(=O)NCCN1CCCC(CO)C1. The van der Waals surface area contributed by atoms with Gasteiger partial charge in [-0.2, -0.15) is 0 Å². The third-order valence-electron chi connectivity index (χ3n) is 3.86. The van der Waals surface area contributed by atoms with Crippen molar-refractivity contribution in [3.05, 3.63) is 23.8 Å². The van der Waals surface area contributed by atoms with E-state index < -0.39 is 0 Å². The van der Waals surface area contributed by atoms with Gasteiger partial charge in [-0.05, 0) is 43.5 Å². The number of aliphatic hydroxyl groups is 1. The van der Waals surface area contributed by atoms with Crippen molar-refractivity contribution in [1.82, 2.24) is 10.2 Å². The number of carbonyl (C=O) groups is 1. The molecule has 2 rings (SSSR count). The molecule has 1 saturated heterocycles. The highest BCUT2D eigenvalue weighted by Crippen LogP contribution is 2.18. The summed E-state index contributed by atoms with van der Waals surface area (Å²) in [4.78, 5) is 14.3. The zero-order valence-electron chi connectivity index (χ0n) is 12.1. The van der Waals surface area contributed by atoms with Crippen LogP contribution in [0.3, 0.4) is 0 Å². The first-order valence-electron chi connectivity index (χ1n) is 7.30. The summed E-state index contributed by atoms with van der Waals surface area (Å²) in [5.41, 5.74) is 6.37. The van der Waals surface area contributed by atoms with E-state index in [2.05, 4.69) is 10.2 Å². The highest BCUT2D eigenvalue weighted by Gasteiger charge is 2.19. The number of carbonyl (C=O) groups excluding carboxylic acids is 1. The Hall–Kier alpha value is -1.79. The van der Waals surface area contributed by atoms with E-state index in [0.29, 0.717) is 23.7 Å². The number of phenols is 1. The van der Waals surface area contributed by atoms with Gasteiger partial charge < -0.3 is 26.2 Å². The van der Waals surface area contributed by atoms with Gasteiger partial charge in [-0.1, -0.05) is 0 Å². The number of nitrogens with two attached hydrogens (primary N) is 1. The average Bonchev–Trinajstić information content (AvgIpc) is 2.49. The van der Waals surface area contributed by atoms with Crippen LogP contribution in [0.5, 0.6) is 5.75 Å². The van der Waals surface area contributed by atoms with Crippen LogP contribution in [-0.2, 0) is 0 Å². The molecule has 1 heterocycles. The van der Waals surface area contributed by atoms with Crippen LogP contribution >= 0.6 is 0 Å². The van der Waals surface area contributed by atoms with Crippen molar-refractivity contribution in [3.63, 3.8) is 0 Å². The van der Waals surface area contributed by atoms with Crippen molar-refractivity contribution in [3.8, 4) is 5.75 Å². The van der Waals surface area contributed by atoms with Gasteiger partial charge in [-0.3, -0.25) is 4.79 Å². The Balaban J connectivity index is 1.80. The highest BCUT2D eigenvalue weighted by atomic mass is 16.3. The molecule has 0 aromatic heterocycles.